The first-order valence-corrected chi connectivity index (χ1v) is 8.94. The quantitative estimate of drug-likeness (QED) is 0.702. The maximum atomic E-state index is 13.2. The number of hydrogen-bond acceptors (Lipinski definition) is 5. The lowest BCUT2D eigenvalue weighted by molar-refractivity contribution is -0.137. The summed E-state index contributed by atoms with van der Waals surface area (Å²) in [5, 5.41) is 2.64. The van der Waals surface area contributed by atoms with Crippen molar-refractivity contribution >= 4 is 29.4 Å². The zero-order valence-electron chi connectivity index (χ0n) is 15.6. The first-order valence-electron chi connectivity index (χ1n) is 8.94. The molecule has 2 aliphatic heterocycles. The molecule has 0 atom stereocenters. The van der Waals surface area contributed by atoms with Crippen molar-refractivity contribution in [3.63, 3.8) is 0 Å². The molecule has 1 aromatic carbocycles. The van der Waals surface area contributed by atoms with Crippen molar-refractivity contribution in [3.05, 3.63) is 30.1 Å². The molecule has 1 aromatic rings. The van der Waals surface area contributed by atoms with Gasteiger partial charge in [-0.05, 0) is 18.2 Å². The number of nitrogens with zero attached hydrogens (tertiary/aromatic N) is 4. The average molecular weight is 391 g/mol. The molecular formula is C18H22FN5O4. The van der Waals surface area contributed by atoms with Gasteiger partial charge in [0, 0.05) is 38.9 Å². The molecule has 5 amide bonds. The zero-order valence-corrected chi connectivity index (χ0v) is 15.6. The number of hydrogen-bond donors (Lipinski definition) is 1. The molecule has 28 heavy (non-hydrogen) atoms. The molecule has 10 heteroatoms. The second-order valence-electron chi connectivity index (χ2n) is 6.83. The Morgan fingerprint density at radius 3 is 2.43 bits per heavy atom. The van der Waals surface area contributed by atoms with E-state index in [1.54, 1.807) is 11.0 Å². The molecule has 2 saturated heterocycles. The minimum absolute atomic E-state index is 0.0136. The van der Waals surface area contributed by atoms with Gasteiger partial charge < -0.3 is 15.1 Å². The summed E-state index contributed by atoms with van der Waals surface area (Å²) >= 11 is 0. The number of urea groups is 1. The molecule has 0 aromatic heterocycles. The Balaban J connectivity index is 1.44. The molecule has 2 heterocycles. The molecular weight excluding hydrogens is 369 g/mol. The van der Waals surface area contributed by atoms with E-state index in [9.17, 15) is 23.6 Å². The molecule has 2 fully saturated rings. The van der Waals surface area contributed by atoms with Crippen LogP contribution < -0.4 is 5.32 Å². The Morgan fingerprint density at radius 2 is 1.82 bits per heavy atom. The van der Waals surface area contributed by atoms with E-state index in [2.05, 4.69) is 5.32 Å². The summed E-state index contributed by atoms with van der Waals surface area (Å²) in [5.74, 6) is -1.36. The number of imide groups is 1. The van der Waals surface area contributed by atoms with Crippen molar-refractivity contribution < 1.29 is 23.6 Å². The lowest BCUT2D eigenvalue weighted by Crippen LogP contribution is -2.53. The molecule has 0 unspecified atom stereocenters. The number of nitrogens with one attached hydrogen (secondary N) is 1. The van der Waals surface area contributed by atoms with Crippen molar-refractivity contribution in [1.82, 2.24) is 19.6 Å². The van der Waals surface area contributed by atoms with Crippen LogP contribution in [0.5, 0.6) is 0 Å². The van der Waals surface area contributed by atoms with Gasteiger partial charge in [0.15, 0.2) is 0 Å². The Kier molecular flexibility index (Phi) is 5.88. The van der Waals surface area contributed by atoms with Crippen molar-refractivity contribution in [3.8, 4) is 0 Å². The number of anilines is 1. The van der Waals surface area contributed by atoms with Gasteiger partial charge in [0.2, 0.25) is 11.8 Å². The minimum atomic E-state index is -0.467. The second-order valence-corrected chi connectivity index (χ2v) is 6.83. The molecule has 9 nitrogen and oxygen atoms in total. The van der Waals surface area contributed by atoms with E-state index in [0.717, 1.165) is 4.90 Å². The van der Waals surface area contributed by atoms with Crippen LogP contribution in [-0.2, 0) is 14.4 Å². The molecule has 0 bridgehead atoms. The van der Waals surface area contributed by atoms with Crippen molar-refractivity contribution in [1.29, 1.82) is 0 Å². The van der Waals surface area contributed by atoms with Crippen LogP contribution in [0.15, 0.2) is 24.3 Å². The lowest BCUT2D eigenvalue weighted by atomic mass is 10.3. The highest BCUT2D eigenvalue weighted by Crippen LogP contribution is 2.11. The van der Waals surface area contributed by atoms with Gasteiger partial charge in [0.05, 0.1) is 6.54 Å². The van der Waals surface area contributed by atoms with Crippen LogP contribution in [-0.4, -0.2) is 96.2 Å². The molecule has 2 aliphatic rings. The Labute approximate surface area is 161 Å². The SMILES string of the molecule is CN1CC(=O)N(CC(=O)N2CCN(CC(=O)Nc3cccc(F)c3)CC2)C1=O. The van der Waals surface area contributed by atoms with Crippen LogP contribution in [0.1, 0.15) is 0 Å². The minimum Gasteiger partial charge on any atom is -0.339 e. The summed E-state index contributed by atoms with van der Waals surface area (Å²) in [5.41, 5.74) is 0.392. The number of benzene rings is 1. The number of piperazine rings is 1. The van der Waals surface area contributed by atoms with Gasteiger partial charge >= 0.3 is 6.03 Å². The van der Waals surface area contributed by atoms with Gasteiger partial charge in [-0.2, -0.15) is 0 Å². The number of rotatable bonds is 5. The summed E-state index contributed by atoms with van der Waals surface area (Å²) in [4.78, 5) is 53.8. The smallest absolute Gasteiger partial charge is 0.327 e. The van der Waals surface area contributed by atoms with Crippen LogP contribution >= 0.6 is 0 Å². The summed E-state index contributed by atoms with van der Waals surface area (Å²) in [6, 6.07) is 5.20. The highest BCUT2D eigenvalue weighted by Gasteiger charge is 2.36. The van der Waals surface area contributed by atoms with Gasteiger partial charge in [-0.25, -0.2) is 9.18 Å². The standard InChI is InChI=1S/C18H22FN5O4/c1-21-11-17(27)24(18(21)28)12-16(26)23-7-5-22(6-8-23)10-15(25)20-14-4-2-3-13(19)9-14/h2-4,9H,5-8,10-12H2,1H3,(H,20,25). The summed E-state index contributed by atoms with van der Waals surface area (Å²) < 4.78 is 13.2. The Morgan fingerprint density at radius 1 is 1.11 bits per heavy atom. The third kappa shape index (κ3) is 4.63. The predicted octanol–water partition coefficient (Wildman–Crippen LogP) is -0.198. The normalized spacial score (nSPS) is 18.0. The van der Waals surface area contributed by atoms with Crippen molar-refractivity contribution in [2.75, 3.05) is 58.2 Å². The van der Waals surface area contributed by atoms with Crippen LogP contribution in [0.25, 0.3) is 0 Å². The largest absolute Gasteiger partial charge is 0.339 e. The van der Waals surface area contributed by atoms with Crippen LogP contribution in [0, 0.1) is 5.82 Å². The van der Waals surface area contributed by atoms with Gasteiger partial charge in [0.1, 0.15) is 18.9 Å². The monoisotopic (exact) mass is 391 g/mol. The number of carbonyl (C=O) groups is 4. The van der Waals surface area contributed by atoms with Gasteiger partial charge in [-0.3, -0.25) is 24.2 Å². The highest BCUT2D eigenvalue weighted by atomic mass is 19.1. The predicted molar refractivity (Wildman–Crippen MR) is 97.8 cm³/mol. The fourth-order valence-corrected chi connectivity index (χ4v) is 3.18. The van der Waals surface area contributed by atoms with Crippen LogP contribution in [0.2, 0.25) is 0 Å². The van der Waals surface area contributed by atoms with E-state index in [1.807, 2.05) is 4.90 Å². The van der Waals surface area contributed by atoms with E-state index in [1.165, 1.54) is 30.1 Å². The fraction of sp³-hybridized carbons (Fsp3) is 0.444. The fourth-order valence-electron chi connectivity index (χ4n) is 3.18. The molecule has 3 rings (SSSR count). The molecule has 0 radical (unpaired) electrons. The van der Waals surface area contributed by atoms with Crippen LogP contribution in [0.4, 0.5) is 14.9 Å². The first-order chi connectivity index (χ1) is 13.3. The van der Waals surface area contributed by atoms with Gasteiger partial charge in [-0.1, -0.05) is 6.07 Å². The molecule has 0 aliphatic carbocycles. The maximum absolute atomic E-state index is 13.2. The number of likely N-dealkylation sites (N-methyl/N-ethyl adjacent to an activating group) is 1. The van der Waals surface area contributed by atoms with E-state index < -0.39 is 11.8 Å². The Bertz CT molecular complexity index is 794. The number of amides is 5. The molecule has 150 valence electrons. The highest BCUT2D eigenvalue weighted by molar-refractivity contribution is 6.04. The van der Waals surface area contributed by atoms with E-state index in [-0.39, 0.29) is 37.4 Å². The van der Waals surface area contributed by atoms with E-state index in [4.69, 9.17) is 0 Å². The number of carbonyl (C=O) groups excluding carboxylic acids is 4. The van der Waals surface area contributed by atoms with Gasteiger partial charge in [0.25, 0.3) is 5.91 Å². The average Bonchev–Trinajstić information content (AvgIpc) is 2.88. The third-order valence-electron chi connectivity index (χ3n) is 4.72. The topological polar surface area (TPSA) is 93.3 Å². The zero-order chi connectivity index (χ0) is 20.3. The molecule has 0 spiro atoms. The van der Waals surface area contributed by atoms with E-state index in [0.29, 0.717) is 31.9 Å². The number of halogens is 1. The first kappa shape index (κ1) is 19.7. The third-order valence-corrected chi connectivity index (χ3v) is 4.72. The Hall–Kier alpha value is -3.01. The second kappa shape index (κ2) is 8.34. The summed E-state index contributed by atoms with van der Waals surface area (Å²) in [6.07, 6.45) is 0. The lowest BCUT2D eigenvalue weighted by Gasteiger charge is -2.34. The summed E-state index contributed by atoms with van der Waals surface area (Å²) in [6.45, 7) is 1.64. The molecule has 0 saturated carbocycles. The van der Waals surface area contributed by atoms with Crippen molar-refractivity contribution in [2.24, 2.45) is 0 Å². The van der Waals surface area contributed by atoms with E-state index >= 15 is 0 Å². The van der Waals surface area contributed by atoms with Crippen molar-refractivity contribution in [2.45, 2.75) is 0 Å². The summed E-state index contributed by atoms with van der Waals surface area (Å²) in [7, 11) is 1.51. The maximum Gasteiger partial charge on any atom is 0.327 e. The van der Waals surface area contributed by atoms with Crippen LogP contribution in [0.3, 0.4) is 0 Å². The van der Waals surface area contributed by atoms with Gasteiger partial charge in [-0.15, -0.1) is 0 Å². The molecule has 1 N–H and O–H groups in total.